The summed E-state index contributed by atoms with van der Waals surface area (Å²) in [6.45, 7) is 3.93. The monoisotopic (exact) mass is 313 g/mol. The second-order valence-corrected chi connectivity index (χ2v) is 5.32. The molecule has 0 atom stereocenters. The van der Waals surface area contributed by atoms with Gasteiger partial charge in [0, 0.05) is 29.1 Å². The summed E-state index contributed by atoms with van der Waals surface area (Å²) in [5.74, 6) is -0.390. The third kappa shape index (κ3) is 3.05. The largest absolute Gasteiger partial charge is 0.354 e. The van der Waals surface area contributed by atoms with Gasteiger partial charge in [-0.05, 0) is 55.8 Å². The van der Waals surface area contributed by atoms with Crippen LogP contribution in [0.4, 0.5) is 0 Å². The number of carbonyl (C=O) groups excluding carboxylic acids is 1. The number of hydrogen-bond donors (Lipinski definition) is 1. The topological polar surface area (TPSA) is 57.8 Å². The molecule has 1 aromatic heterocycles. The molecule has 112 valence electrons. The second-order valence-electron chi connectivity index (χ2n) is 4.89. The lowest BCUT2D eigenvalue weighted by atomic mass is 10.1. The highest BCUT2D eigenvalue weighted by Crippen LogP contribution is 2.23. The van der Waals surface area contributed by atoms with Crippen LogP contribution in [0.3, 0.4) is 0 Å². The fraction of sp³-hybridized carbons (Fsp3) is 0.176. The van der Waals surface area contributed by atoms with E-state index in [-0.39, 0.29) is 5.57 Å². The average Bonchev–Trinajstić information content (AvgIpc) is 2.79. The Morgan fingerprint density at radius 3 is 2.50 bits per heavy atom. The SMILES string of the molecule is CNC(=O)/C(C#N)=C/c1cc(C)n(-c2ccc(Cl)cc2)c1C. The maximum Gasteiger partial charge on any atom is 0.261 e. The van der Waals surface area contributed by atoms with Crippen molar-refractivity contribution < 1.29 is 4.79 Å². The minimum atomic E-state index is -0.390. The summed E-state index contributed by atoms with van der Waals surface area (Å²) >= 11 is 5.92. The fourth-order valence-corrected chi connectivity index (χ4v) is 2.49. The Hall–Kier alpha value is -2.51. The predicted molar refractivity (Wildman–Crippen MR) is 87.9 cm³/mol. The van der Waals surface area contributed by atoms with Crippen LogP contribution in [0, 0.1) is 25.2 Å². The third-order valence-electron chi connectivity index (χ3n) is 3.45. The van der Waals surface area contributed by atoms with Crippen LogP contribution in [0.25, 0.3) is 11.8 Å². The van der Waals surface area contributed by atoms with Gasteiger partial charge in [0.25, 0.3) is 5.91 Å². The standard InChI is InChI=1S/C17H16ClN3O/c1-11-8-13(9-14(10-19)17(22)20-3)12(2)21(11)16-6-4-15(18)5-7-16/h4-9H,1-3H3,(H,20,22)/b14-9+. The van der Waals surface area contributed by atoms with Crippen molar-refractivity contribution in [1.82, 2.24) is 9.88 Å². The van der Waals surface area contributed by atoms with Gasteiger partial charge in [0.15, 0.2) is 0 Å². The van der Waals surface area contributed by atoms with Crippen LogP contribution < -0.4 is 5.32 Å². The first-order valence-electron chi connectivity index (χ1n) is 6.76. The van der Waals surface area contributed by atoms with Crippen LogP contribution in [0.15, 0.2) is 35.9 Å². The van der Waals surface area contributed by atoms with E-state index in [1.165, 1.54) is 7.05 Å². The van der Waals surface area contributed by atoms with Gasteiger partial charge in [-0.25, -0.2) is 0 Å². The number of nitrogens with one attached hydrogen (secondary N) is 1. The second kappa shape index (κ2) is 6.50. The highest BCUT2D eigenvalue weighted by Gasteiger charge is 2.12. The molecule has 22 heavy (non-hydrogen) atoms. The Balaban J connectivity index is 2.52. The zero-order chi connectivity index (χ0) is 16.3. The molecule has 1 heterocycles. The number of hydrogen-bond acceptors (Lipinski definition) is 2. The zero-order valence-electron chi connectivity index (χ0n) is 12.6. The number of nitrogens with zero attached hydrogens (tertiary/aromatic N) is 2. The minimum Gasteiger partial charge on any atom is -0.354 e. The van der Waals surface area contributed by atoms with Crippen LogP contribution in [0.2, 0.25) is 5.02 Å². The molecule has 2 rings (SSSR count). The first kappa shape index (κ1) is 15.9. The number of halogens is 1. The maximum absolute atomic E-state index is 11.6. The fourth-order valence-electron chi connectivity index (χ4n) is 2.36. The highest BCUT2D eigenvalue weighted by molar-refractivity contribution is 6.30. The zero-order valence-corrected chi connectivity index (χ0v) is 13.4. The van der Waals surface area contributed by atoms with Crippen molar-refractivity contribution in [3.63, 3.8) is 0 Å². The quantitative estimate of drug-likeness (QED) is 0.697. The number of aromatic nitrogens is 1. The van der Waals surface area contributed by atoms with Gasteiger partial charge < -0.3 is 9.88 Å². The summed E-state index contributed by atoms with van der Waals surface area (Å²) in [7, 11) is 1.50. The Labute approximate surface area is 134 Å². The summed E-state index contributed by atoms with van der Waals surface area (Å²) in [5.41, 5.74) is 3.88. The normalized spacial score (nSPS) is 11.1. The van der Waals surface area contributed by atoms with Gasteiger partial charge in [-0.2, -0.15) is 5.26 Å². The maximum atomic E-state index is 11.6. The van der Waals surface area contributed by atoms with Crippen molar-refractivity contribution in [1.29, 1.82) is 5.26 Å². The van der Waals surface area contributed by atoms with E-state index in [0.29, 0.717) is 5.02 Å². The lowest BCUT2D eigenvalue weighted by molar-refractivity contribution is -0.116. The van der Waals surface area contributed by atoms with E-state index in [0.717, 1.165) is 22.6 Å². The molecule has 0 radical (unpaired) electrons. The Bertz CT molecular complexity index is 779. The molecule has 0 bridgehead atoms. The van der Waals surface area contributed by atoms with Crippen molar-refractivity contribution in [2.75, 3.05) is 7.05 Å². The Kier molecular flexibility index (Phi) is 4.69. The average molecular weight is 314 g/mol. The molecular formula is C17H16ClN3O. The van der Waals surface area contributed by atoms with E-state index in [1.807, 2.05) is 50.2 Å². The smallest absolute Gasteiger partial charge is 0.261 e. The molecule has 4 nitrogen and oxygen atoms in total. The highest BCUT2D eigenvalue weighted by atomic mass is 35.5. The van der Waals surface area contributed by atoms with Crippen LogP contribution in [-0.4, -0.2) is 17.5 Å². The number of likely N-dealkylation sites (N-methyl/N-ethyl adjacent to an activating group) is 1. The van der Waals surface area contributed by atoms with E-state index in [4.69, 9.17) is 16.9 Å². The van der Waals surface area contributed by atoms with Crippen LogP contribution >= 0.6 is 11.6 Å². The van der Waals surface area contributed by atoms with Gasteiger partial charge in [0.2, 0.25) is 0 Å². The summed E-state index contributed by atoms with van der Waals surface area (Å²) < 4.78 is 2.06. The van der Waals surface area contributed by atoms with Gasteiger partial charge in [0.1, 0.15) is 11.6 Å². The van der Waals surface area contributed by atoms with Crippen LogP contribution in [-0.2, 0) is 4.79 Å². The van der Waals surface area contributed by atoms with E-state index in [9.17, 15) is 4.79 Å². The van der Waals surface area contributed by atoms with E-state index < -0.39 is 5.91 Å². The first-order chi connectivity index (χ1) is 10.5. The van der Waals surface area contributed by atoms with Gasteiger partial charge in [-0.15, -0.1) is 0 Å². The molecule has 0 fully saturated rings. The van der Waals surface area contributed by atoms with Crippen molar-refractivity contribution in [3.8, 4) is 11.8 Å². The molecule has 0 aliphatic carbocycles. The number of amides is 1. The molecule has 1 aromatic carbocycles. The number of rotatable bonds is 3. The molecule has 1 amide bonds. The van der Waals surface area contributed by atoms with Crippen molar-refractivity contribution in [2.24, 2.45) is 0 Å². The molecule has 0 aliphatic heterocycles. The molecule has 5 heteroatoms. The molecule has 0 unspecified atom stereocenters. The molecule has 2 aromatic rings. The van der Waals surface area contributed by atoms with Gasteiger partial charge in [-0.3, -0.25) is 4.79 Å². The summed E-state index contributed by atoms with van der Waals surface area (Å²) in [5, 5.41) is 12.2. The summed E-state index contributed by atoms with van der Waals surface area (Å²) in [6.07, 6.45) is 1.60. The lowest BCUT2D eigenvalue weighted by Gasteiger charge is -2.09. The van der Waals surface area contributed by atoms with Gasteiger partial charge in [-0.1, -0.05) is 11.6 Å². The Morgan fingerprint density at radius 2 is 1.95 bits per heavy atom. The first-order valence-corrected chi connectivity index (χ1v) is 7.14. The number of benzene rings is 1. The van der Waals surface area contributed by atoms with Gasteiger partial charge in [0.05, 0.1) is 0 Å². The van der Waals surface area contributed by atoms with Crippen molar-refractivity contribution >= 4 is 23.6 Å². The van der Waals surface area contributed by atoms with E-state index >= 15 is 0 Å². The lowest BCUT2D eigenvalue weighted by Crippen LogP contribution is -2.19. The molecule has 1 N–H and O–H groups in total. The molecule has 0 aliphatic rings. The number of aryl methyl sites for hydroxylation is 1. The van der Waals surface area contributed by atoms with Crippen molar-refractivity contribution in [2.45, 2.75) is 13.8 Å². The Morgan fingerprint density at radius 1 is 1.32 bits per heavy atom. The molecule has 0 saturated carbocycles. The van der Waals surface area contributed by atoms with Gasteiger partial charge >= 0.3 is 0 Å². The molecular weight excluding hydrogens is 298 g/mol. The molecule has 0 saturated heterocycles. The number of carbonyl (C=O) groups is 1. The van der Waals surface area contributed by atoms with Crippen LogP contribution in [0.5, 0.6) is 0 Å². The summed E-state index contributed by atoms with van der Waals surface area (Å²) in [6, 6.07) is 11.4. The van der Waals surface area contributed by atoms with Crippen molar-refractivity contribution in [3.05, 3.63) is 57.9 Å². The third-order valence-corrected chi connectivity index (χ3v) is 3.70. The van der Waals surface area contributed by atoms with E-state index in [1.54, 1.807) is 6.08 Å². The van der Waals surface area contributed by atoms with E-state index in [2.05, 4.69) is 9.88 Å². The number of nitriles is 1. The minimum absolute atomic E-state index is 0.0823. The van der Waals surface area contributed by atoms with Crippen LogP contribution in [0.1, 0.15) is 17.0 Å². The predicted octanol–water partition coefficient (Wildman–Crippen LogP) is 3.40. The molecule has 0 spiro atoms. The summed E-state index contributed by atoms with van der Waals surface area (Å²) in [4.78, 5) is 11.6.